The van der Waals surface area contributed by atoms with Crippen LogP contribution in [0.5, 0.6) is 0 Å². The second kappa shape index (κ2) is 10.2. The Hall–Kier alpha value is -2.87. The number of hydrogen-bond donors (Lipinski definition) is 3. The first-order valence-electron chi connectivity index (χ1n) is 10.4. The van der Waals surface area contributed by atoms with E-state index in [2.05, 4.69) is 4.98 Å². The van der Waals surface area contributed by atoms with Crippen LogP contribution in [0.15, 0.2) is 39.9 Å². The quantitative estimate of drug-likeness (QED) is 0.567. The van der Waals surface area contributed by atoms with Crippen LogP contribution in [0.3, 0.4) is 0 Å². The van der Waals surface area contributed by atoms with Crippen molar-refractivity contribution in [1.29, 1.82) is 0 Å². The predicted octanol–water partition coefficient (Wildman–Crippen LogP) is 1.09. The summed E-state index contributed by atoms with van der Waals surface area (Å²) in [4.78, 5) is 41.8. The number of amides is 1. The number of carbonyl (C=O) groups is 1. The number of anilines is 2. The monoisotopic (exact) mass is 416 g/mol. The van der Waals surface area contributed by atoms with Crippen molar-refractivity contribution < 1.29 is 10.1 Å². The molecule has 1 aromatic carbocycles. The number of aromatic amines is 1. The van der Waals surface area contributed by atoms with E-state index in [0.717, 1.165) is 5.56 Å². The number of rotatable bonds is 9. The third-order valence-electron chi connectivity index (χ3n) is 4.85. The van der Waals surface area contributed by atoms with Crippen molar-refractivity contribution in [2.45, 2.75) is 47.2 Å². The van der Waals surface area contributed by atoms with Crippen LogP contribution in [0.4, 0.5) is 11.5 Å². The molecule has 0 aliphatic rings. The minimum atomic E-state index is -0.636. The highest BCUT2D eigenvalue weighted by Gasteiger charge is 2.26. The zero-order chi connectivity index (χ0) is 22.4. The highest BCUT2D eigenvalue weighted by atomic mass is 16.2. The van der Waals surface area contributed by atoms with Gasteiger partial charge in [0.1, 0.15) is 11.9 Å². The summed E-state index contributed by atoms with van der Waals surface area (Å²) in [6, 6.07) is 9.99. The molecule has 1 heterocycles. The Morgan fingerprint density at radius 1 is 1.10 bits per heavy atom. The van der Waals surface area contributed by atoms with Crippen LogP contribution >= 0.6 is 0 Å². The minimum absolute atomic E-state index is 0.0301. The first-order chi connectivity index (χ1) is 14.1. The number of nitrogens with one attached hydrogen (secondary N) is 1. The molecular weight excluding hydrogens is 382 g/mol. The standard InChI is InChI=1S/C22H33N5O3/c1-14(2)12-26(18(28)11-24-16(5)17-9-7-6-8-10-17)19-20(23)27(13-15(3)4)22(30)25-21(19)29/h6-10,14-16,24H,11-13,23H2,1-5H3,(H,25,29,30)/p+1/t16-/m1/s1. The van der Waals surface area contributed by atoms with Gasteiger partial charge in [0.05, 0.1) is 0 Å². The van der Waals surface area contributed by atoms with E-state index < -0.39 is 11.2 Å². The van der Waals surface area contributed by atoms with E-state index in [-0.39, 0.29) is 41.8 Å². The molecule has 0 aliphatic carbocycles. The second-order valence-corrected chi connectivity index (χ2v) is 8.53. The number of quaternary nitrogens is 1. The van der Waals surface area contributed by atoms with E-state index in [1.807, 2.05) is 70.3 Å². The largest absolute Gasteiger partial charge is 0.383 e. The van der Waals surface area contributed by atoms with Crippen LogP contribution in [0, 0.1) is 11.8 Å². The smallest absolute Gasteiger partial charge is 0.330 e. The lowest BCUT2D eigenvalue weighted by Gasteiger charge is -2.26. The average molecular weight is 417 g/mol. The minimum Gasteiger partial charge on any atom is -0.383 e. The third kappa shape index (κ3) is 5.82. The Kier molecular flexibility index (Phi) is 8.00. The lowest BCUT2D eigenvalue weighted by atomic mass is 10.1. The Morgan fingerprint density at radius 3 is 2.30 bits per heavy atom. The molecule has 0 saturated carbocycles. The summed E-state index contributed by atoms with van der Waals surface area (Å²) >= 11 is 0. The Balaban J connectivity index is 2.34. The van der Waals surface area contributed by atoms with Crippen LogP contribution in [0.1, 0.15) is 46.2 Å². The fourth-order valence-electron chi connectivity index (χ4n) is 3.35. The van der Waals surface area contributed by atoms with E-state index in [1.165, 1.54) is 9.47 Å². The van der Waals surface area contributed by atoms with Gasteiger partial charge in [-0.3, -0.25) is 24.0 Å². The molecular formula is C22H34N5O3+. The molecule has 0 unspecified atom stereocenters. The number of H-pyrrole nitrogens is 1. The third-order valence-corrected chi connectivity index (χ3v) is 4.85. The molecule has 5 N–H and O–H groups in total. The molecule has 164 valence electrons. The summed E-state index contributed by atoms with van der Waals surface area (Å²) in [5.74, 6) is 0.0730. The maximum Gasteiger partial charge on any atom is 0.330 e. The molecule has 0 radical (unpaired) electrons. The van der Waals surface area contributed by atoms with Crippen LogP contribution in [-0.2, 0) is 11.3 Å². The average Bonchev–Trinajstić information content (AvgIpc) is 2.68. The lowest BCUT2D eigenvalue weighted by molar-refractivity contribution is -0.682. The van der Waals surface area contributed by atoms with Gasteiger partial charge >= 0.3 is 5.69 Å². The van der Waals surface area contributed by atoms with Gasteiger partial charge in [0.2, 0.25) is 0 Å². The number of aromatic nitrogens is 2. The molecule has 0 spiro atoms. The maximum absolute atomic E-state index is 13.1. The van der Waals surface area contributed by atoms with Crippen molar-refractivity contribution in [1.82, 2.24) is 9.55 Å². The first-order valence-corrected chi connectivity index (χ1v) is 10.4. The topological polar surface area (TPSA) is 118 Å². The molecule has 0 bridgehead atoms. The number of carbonyl (C=O) groups excluding carboxylic acids is 1. The molecule has 2 rings (SSSR count). The number of hydrogen-bond acceptors (Lipinski definition) is 4. The van der Waals surface area contributed by atoms with Gasteiger partial charge in [0, 0.05) is 18.7 Å². The molecule has 0 aliphatic heterocycles. The van der Waals surface area contributed by atoms with Gasteiger partial charge in [-0.1, -0.05) is 58.0 Å². The second-order valence-electron chi connectivity index (χ2n) is 8.53. The number of nitrogens with two attached hydrogens (primary N) is 2. The van der Waals surface area contributed by atoms with Crippen molar-refractivity contribution in [3.05, 3.63) is 56.7 Å². The van der Waals surface area contributed by atoms with Crippen molar-refractivity contribution in [2.75, 3.05) is 23.7 Å². The number of nitrogens with zero attached hydrogens (tertiary/aromatic N) is 2. The van der Waals surface area contributed by atoms with E-state index in [1.54, 1.807) is 0 Å². The molecule has 0 saturated heterocycles. The van der Waals surface area contributed by atoms with Gasteiger partial charge in [-0.25, -0.2) is 4.79 Å². The van der Waals surface area contributed by atoms with Gasteiger partial charge in [0.15, 0.2) is 12.2 Å². The molecule has 1 aromatic heterocycles. The fraction of sp³-hybridized carbons (Fsp3) is 0.500. The summed E-state index contributed by atoms with van der Waals surface area (Å²) in [7, 11) is 0. The van der Waals surface area contributed by atoms with E-state index in [0.29, 0.717) is 13.1 Å². The van der Waals surface area contributed by atoms with Gasteiger partial charge in [-0.05, 0) is 18.8 Å². The van der Waals surface area contributed by atoms with Crippen LogP contribution in [0.25, 0.3) is 0 Å². The van der Waals surface area contributed by atoms with Gasteiger partial charge in [-0.15, -0.1) is 0 Å². The Labute approximate surface area is 177 Å². The lowest BCUT2D eigenvalue weighted by Crippen LogP contribution is -2.87. The van der Waals surface area contributed by atoms with Crippen molar-refractivity contribution in [3.8, 4) is 0 Å². The molecule has 2 aromatic rings. The normalized spacial score (nSPS) is 12.4. The zero-order valence-electron chi connectivity index (χ0n) is 18.5. The zero-order valence-corrected chi connectivity index (χ0v) is 18.5. The van der Waals surface area contributed by atoms with Crippen LogP contribution < -0.4 is 27.2 Å². The SMILES string of the molecule is CC(C)CN(C(=O)C[NH2+][C@H](C)c1ccccc1)c1c(N)n(CC(C)C)c(=O)[nH]c1=O. The molecule has 8 nitrogen and oxygen atoms in total. The van der Waals surface area contributed by atoms with Gasteiger partial charge in [0.25, 0.3) is 11.5 Å². The van der Waals surface area contributed by atoms with Crippen LogP contribution in [0.2, 0.25) is 0 Å². The predicted molar refractivity (Wildman–Crippen MR) is 119 cm³/mol. The fourth-order valence-corrected chi connectivity index (χ4v) is 3.35. The maximum atomic E-state index is 13.1. The summed E-state index contributed by atoms with van der Waals surface area (Å²) < 4.78 is 1.33. The molecule has 0 fully saturated rings. The highest BCUT2D eigenvalue weighted by molar-refractivity contribution is 5.96. The summed E-state index contributed by atoms with van der Waals surface area (Å²) in [5, 5.41) is 1.93. The van der Waals surface area contributed by atoms with Crippen LogP contribution in [-0.4, -0.2) is 28.5 Å². The highest BCUT2D eigenvalue weighted by Crippen LogP contribution is 2.19. The number of nitrogen functional groups attached to an aromatic ring is 1. The summed E-state index contributed by atoms with van der Waals surface area (Å²) in [6.45, 7) is 10.7. The van der Waals surface area contributed by atoms with Gasteiger partial charge in [-0.2, -0.15) is 0 Å². The first kappa shape index (κ1) is 23.4. The number of benzene rings is 1. The Morgan fingerprint density at radius 2 is 1.73 bits per heavy atom. The van der Waals surface area contributed by atoms with Gasteiger partial charge < -0.3 is 11.1 Å². The molecule has 1 amide bonds. The molecule has 8 heteroatoms. The van der Waals surface area contributed by atoms with E-state index >= 15 is 0 Å². The molecule has 30 heavy (non-hydrogen) atoms. The molecule has 1 atom stereocenters. The Bertz CT molecular complexity index is 963. The van der Waals surface area contributed by atoms with Crippen molar-refractivity contribution in [3.63, 3.8) is 0 Å². The van der Waals surface area contributed by atoms with E-state index in [4.69, 9.17) is 5.73 Å². The summed E-state index contributed by atoms with van der Waals surface area (Å²) in [5.41, 5.74) is 6.20. The summed E-state index contributed by atoms with van der Waals surface area (Å²) in [6.07, 6.45) is 0. The van der Waals surface area contributed by atoms with Crippen molar-refractivity contribution in [2.24, 2.45) is 11.8 Å². The van der Waals surface area contributed by atoms with Crippen molar-refractivity contribution >= 4 is 17.4 Å². The van der Waals surface area contributed by atoms with E-state index in [9.17, 15) is 14.4 Å².